The Balaban J connectivity index is 1.85. The van der Waals surface area contributed by atoms with Gasteiger partial charge in [0.25, 0.3) is 11.5 Å². The van der Waals surface area contributed by atoms with Crippen molar-refractivity contribution in [3.8, 4) is 11.4 Å². The van der Waals surface area contributed by atoms with Crippen LogP contribution in [-0.4, -0.2) is 28.6 Å². The predicted octanol–water partition coefficient (Wildman–Crippen LogP) is 5.62. The van der Waals surface area contributed by atoms with Crippen LogP contribution >= 0.6 is 23.4 Å². The Bertz CT molecular complexity index is 1430. The Morgan fingerprint density at radius 1 is 1.17 bits per heavy atom. The first-order valence-electron chi connectivity index (χ1n) is 10.9. The number of carbonyl (C=O) groups is 1. The molecule has 0 atom stereocenters. The van der Waals surface area contributed by atoms with Gasteiger partial charge in [0, 0.05) is 27.9 Å². The number of fused-ring (bicyclic) bond motifs is 1. The van der Waals surface area contributed by atoms with Crippen molar-refractivity contribution in [2.45, 2.75) is 30.8 Å². The Morgan fingerprint density at radius 2 is 1.91 bits per heavy atom. The minimum absolute atomic E-state index is 0.0362. The van der Waals surface area contributed by atoms with Crippen LogP contribution in [0.25, 0.3) is 16.6 Å². The first-order chi connectivity index (χ1) is 16.8. The van der Waals surface area contributed by atoms with Gasteiger partial charge in [0.1, 0.15) is 11.6 Å². The van der Waals surface area contributed by atoms with Crippen molar-refractivity contribution < 1.29 is 13.9 Å². The number of halogens is 2. The van der Waals surface area contributed by atoms with Crippen LogP contribution < -0.4 is 15.6 Å². The molecule has 1 amide bonds. The summed E-state index contributed by atoms with van der Waals surface area (Å²) in [6.45, 7) is 3.74. The smallest absolute Gasteiger partial charge is 0.266 e. The SMILES string of the molecule is COc1ccc(-n2c(SCc3c(F)cccc3Cl)nc3cc(C(=O)NC(C)C)ccc3c2=O)cc1. The van der Waals surface area contributed by atoms with Gasteiger partial charge in [0.15, 0.2) is 5.16 Å². The zero-order valence-electron chi connectivity index (χ0n) is 19.3. The third-order valence-electron chi connectivity index (χ3n) is 5.26. The van der Waals surface area contributed by atoms with Gasteiger partial charge < -0.3 is 10.1 Å². The molecule has 0 saturated carbocycles. The van der Waals surface area contributed by atoms with E-state index >= 15 is 0 Å². The Morgan fingerprint density at radius 3 is 2.57 bits per heavy atom. The average molecular weight is 512 g/mol. The number of nitrogens with zero attached hydrogens (tertiary/aromatic N) is 2. The second kappa shape index (κ2) is 10.5. The largest absolute Gasteiger partial charge is 0.497 e. The van der Waals surface area contributed by atoms with Gasteiger partial charge in [-0.3, -0.25) is 14.2 Å². The Labute approximate surface area is 211 Å². The van der Waals surface area contributed by atoms with E-state index in [0.29, 0.717) is 43.6 Å². The standard InChI is InChI=1S/C26H23ClFN3O3S/c1-15(2)29-24(32)16-7-12-19-23(13-16)30-26(35-14-20-21(27)5-4-6-22(20)28)31(25(19)33)17-8-10-18(34-3)11-9-17/h4-13,15H,14H2,1-3H3,(H,29,32). The highest BCUT2D eigenvalue weighted by Gasteiger charge is 2.17. The van der Waals surface area contributed by atoms with E-state index in [2.05, 4.69) is 5.32 Å². The molecule has 0 spiro atoms. The van der Waals surface area contributed by atoms with E-state index in [9.17, 15) is 14.0 Å². The van der Waals surface area contributed by atoms with E-state index in [-0.39, 0.29) is 23.3 Å². The summed E-state index contributed by atoms with van der Waals surface area (Å²) >= 11 is 7.39. The number of ether oxygens (including phenoxy) is 1. The van der Waals surface area contributed by atoms with E-state index in [4.69, 9.17) is 21.3 Å². The zero-order valence-corrected chi connectivity index (χ0v) is 20.9. The zero-order chi connectivity index (χ0) is 25.1. The highest BCUT2D eigenvalue weighted by atomic mass is 35.5. The molecule has 3 aromatic carbocycles. The van der Waals surface area contributed by atoms with Crippen molar-refractivity contribution in [1.82, 2.24) is 14.9 Å². The number of amides is 1. The topological polar surface area (TPSA) is 73.2 Å². The molecule has 35 heavy (non-hydrogen) atoms. The van der Waals surface area contributed by atoms with Gasteiger partial charge in [-0.25, -0.2) is 9.37 Å². The van der Waals surface area contributed by atoms with Gasteiger partial charge in [0.05, 0.1) is 23.7 Å². The molecule has 0 aliphatic rings. The van der Waals surface area contributed by atoms with Gasteiger partial charge in [-0.15, -0.1) is 0 Å². The van der Waals surface area contributed by atoms with Crippen molar-refractivity contribution in [3.63, 3.8) is 0 Å². The lowest BCUT2D eigenvalue weighted by molar-refractivity contribution is 0.0943. The number of rotatable bonds is 7. The summed E-state index contributed by atoms with van der Waals surface area (Å²) in [6.07, 6.45) is 0. The van der Waals surface area contributed by atoms with Gasteiger partial charge in [-0.05, 0) is 68.4 Å². The van der Waals surface area contributed by atoms with Crippen molar-refractivity contribution in [2.24, 2.45) is 0 Å². The van der Waals surface area contributed by atoms with Crippen LogP contribution in [0.3, 0.4) is 0 Å². The first-order valence-corrected chi connectivity index (χ1v) is 12.2. The number of nitrogens with one attached hydrogen (secondary N) is 1. The molecule has 180 valence electrons. The van der Waals surface area contributed by atoms with Crippen LogP contribution in [0.5, 0.6) is 5.75 Å². The number of benzene rings is 3. The van der Waals surface area contributed by atoms with Crippen LogP contribution in [0.2, 0.25) is 5.02 Å². The van der Waals surface area contributed by atoms with Crippen LogP contribution in [0, 0.1) is 5.82 Å². The second-order valence-corrected chi connectivity index (χ2v) is 9.43. The predicted molar refractivity (Wildman–Crippen MR) is 137 cm³/mol. The van der Waals surface area contributed by atoms with Gasteiger partial charge >= 0.3 is 0 Å². The molecule has 1 N–H and O–H groups in total. The normalized spacial score (nSPS) is 11.1. The number of hydrogen-bond donors (Lipinski definition) is 1. The van der Waals surface area contributed by atoms with E-state index in [1.165, 1.54) is 28.5 Å². The van der Waals surface area contributed by atoms with Crippen molar-refractivity contribution in [3.05, 3.63) is 93.0 Å². The molecular formula is C26H23ClFN3O3S. The second-order valence-electron chi connectivity index (χ2n) is 8.08. The molecule has 0 fully saturated rings. The molecule has 0 aliphatic carbocycles. The van der Waals surface area contributed by atoms with Gasteiger partial charge in [-0.2, -0.15) is 0 Å². The lowest BCUT2D eigenvalue weighted by atomic mass is 10.1. The lowest BCUT2D eigenvalue weighted by Crippen LogP contribution is -2.30. The molecule has 0 saturated heterocycles. The van der Waals surface area contributed by atoms with Crippen LogP contribution in [0.4, 0.5) is 4.39 Å². The Kier molecular flexibility index (Phi) is 7.42. The van der Waals surface area contributed by atoms with Crippen molar-refractivity contribution in [2.75, 3.05) is 7.11 Å². The molecule has 0 unspecified atom stereocenters. The fourth-order valence-electron chi connectivity index (χ4n) is 3.51. The highest BCUT2D eigenvalue weighted by Crippen LogP contribution is 2.29. The maximum atomic E-state index is 14.4. The molecule has 6 nitrogen and oxygen atoms in total. The average Bonchev–Trinajstić information content (AvgIpc) is 2.83. The molecule has 0 aliphatic heterocycles. The van der Waals surface area contributed by atoms with E-state index in [1.54, 1.807) is 55.6 Å². The minimum Gasteiger partial charge on any atom is -0.497 e. The summed E-state index contributed by atoms with van der Waals surface area (Å²) in [5, 5.41) is 3.83. The highest BCUT2D eigenvalue weighted by molar-refractivity contribution is 7.98. The molecule has 4 rings (SSSR count). The number of methoxy groups -OCH3 is 1. The molecule has 0 bridgehead atoms. The fourth-order valence-corrected chi connectivity index (χ4v) is 4.87. The lowest BCUT2D eigenvalue weighted by Gasteiger charge is -2.15. The minimum atomic E-state index is -0.434. The maximum Gasteiger partial charge on any atom is 0.266 e. The summed E-state index contributed by atoms with van der Waals surface area (Å²) < 4.78 is 21.1. The first kappa shape index (κ1) is 24.8. The van der Waals surface area contributed by atoms with Crippen molar-refractivity contribution in [1.29, 1.82) is 0 Å². The molecule has 1 heterocycles. The summed E-state index contributed by atoms with van der Waals surface area (Å²) in [7, 11) is 1.56. The fraction of sp³-hybridized carbons (Fsp3) is 0.192. The summed E-state index contributed by atoms with van der Waals surface area (Å²) in [4.78, 5) is 30.8. The van der Waals surface area contributed by atoms with E-state index in [1.807, 2.05) is 13.8 Å². The van der Waals surface area contributed by atoms with E-state index in [0.717, 1.165) is 0 Å². The maximum absolute atomic E-state index is 14.4. The van der Waals surface area contributed by atoms with Crippen LogP contribution in [0.15, 0.2) is 70.6 Å². The molecule has 4 aromatic rings. The third kappa shape index (κ3) is 5.33. The molecular weight excluding hydrogens is 489 g/mol. The summed E-state index contributed by atoms with van der Waals surface area (Å²) in [6, 6.07) is 16.2. The van der Waals surface area contributed by atoms with Crippen LogP contribution in [0.1, 0.15) is 29.8 Å². The number of carbonyl (C=O) groups excluding carboxylic acids is 1. The number of aromatic nitrogens is 2. The quantitative estimate of drug-likeness (QED) is 0.257. The number of hydrogen-bond acceptors (Lipinski definition) is 5. The molecule has 1 aromatic heterocycles. The monoisotopic (exact) mass is 511 g/mol. The van der Waals surface area contributed by atoms with Gasteiger partial charge in [0.2, 0.25) is 0 Å². The number of thioether (sulfide) groups is 1. The van der Waals surface area contributed by atoms with Crippen molar-refractivity contribution >= 4 is 40.2 Å². The third-order valence-corrected chi connectivity index (χ3v) is 6.58. The van der Waals surface area contributed by atoms with E-state index < -0.39 is 5.82 Å². The summed E-state index contributed by atoms with van der Waals surface area (Å²) in [5.74, 6) is 0.114. The van der Waals surface area contributed by atoms with Gasteiger partial charge in [-0.1, -0.05) is 29.4 Å². The molecule has 9 heteroatoms. The summed E-state index contributed by atoms with van der Waals surface area (Å²) in [5.41, 5.74) is 1.36. The van der Waals surface area contributed by atoms with Crippen LogP contribution in [-0.2, 0) is 5.75 Å². The molecule has 0 radical (unpaired) electrons. The Hall–Kier alpha value is -3.36.